The van der Waals surface area contributed by atoms with E-state index in [1.165, 1.54) is 11.3 Å². The summed E-state index contributed by atoms with van der Waals surface area (Å²) in [7, 11) is 0. The van der Waals surface area contributed by atoms with Crippen molar-refractivity contribution in [1.29, 1.82) is 0 Å². The topological polar surface area (TPSA) is 120 Å². The number of rotatable bonds is 5. The van der Waals surface area contributed by atoms with Gasteiger partial charge in [-0.3, -0.25) is 24.6 Å². The van der Waals surface area contributed by atoms with Gasteiger partial charge in [0, 0.05) is 22.8 Å². The fraction of sp³-hybridized carbons (Fsp3) is 0.435. The van der Waals surface area contributed by atoms with Crippen LogP contribution in [0.3, 0.4) is 0 Å². The highest BCUT2D eigenvalue weighted by molar-refractivity contribution is 7.13. The van der Waals surface area contributed by atoms with Gasteiger partial charge in [-0.2, -0.15) is 0 Å². The lowest BCUT2D eigenvalue weighted by Crippen LogP contribution is -2.54. The lowest BCUT2D eigenvalue weighted by Gasteiger charge is -2.43. The lowest BCUT2D eigenvalue weighted by atomic mass is 9.64. The number of carbonyl (C=O) groups is 4. The molecule has 2 atom stereocenters. The summed E-state index contributed by atoms with van der Waals surface area (Å²) in [6, 6.07) is 5.80. The highest BCUT2D eigenvalue weighted by Crippen LogP contribution is 2.46. The molecule has 10 heteroatoms. The molecule has 1 aliphatic carbocycles. The number of imide groups is 1. The van der Waals surface area contributed by atoms with Crippen LogP contribution in [0.5, 0.6) is 0 Å². The minimum Gasteiger partial charge on any atom is -0.325 e. The van der Waals surface area contributed by atoms with Gasteiger partial charge in [-0.15, -0.1) is 11.3 Å². The van der Waals surface area contributed by atoms with Crippen LogP contribution in [0.2, 0.25) is 0 Å². The summed E-state index contributed by atoms with van der Waals surface area (Å²) in [5.74, 6) is -0.842. The Morgan fingerprint density at radius 1 is 1.18 bits per heavy atom. The van der Waals surface area contributed by atoms with Crippen LogP contribution in [-0.4, -0.2) is 45.7 Å². The Hall–Kier alpha value is -3.27. The first-order chi connectivity index (χ1) is 15.6. The predicted molar refractivity (Wildman–Crippen MR) is 125 cm³/mol. The second-order valence-electron chi connectivity index (χ2n) is 9.67. The third kappa shape index (κ3) is 4.90. The van der Waals surface area contributed by atoms with Crippen molar-refractivity contribution >= 4 is 45.9 Å². The molecule has 2 aromatic rings. The first-order valence-corrected chi connectivity index (χ1v) is 11.7. The van der Waals surface area contributed by atoms with E-state index in [0.717, 1.165) is 11.3 Å². The molecule has 0 radical (unpaired) electrons. The van der Waals surface area contributed by atoms with Crippen LogP contribution in [-0.2, 0) is 9.59 Å². The van der Waals surface area contributed by atoms with Crippen LogP contribution in [0.25, 0.3) is 0 Å². The molecule has 1 aromatic carbocycles. The highest BCUT2D eigenvalue weighted by atomic mass is 32.1. The molecule has 2 unspecified atom stereocenters. The Morgan fingerprint density at radius 3 is 2.55 bits per heavy atom. The number of urea groups is 1. The summed E-state index contributed by atoms with van der Waals surface area (Å²) < 4.78 is 0. The number of hydrogen-bond donors (Lipinski definition) is 3. The number of nitrogens with one attached hydrogen (secondary N) is 3. The zero-order valence-corrected chi connectivity index (χ0v) is 19.6. The standard InChI is InChI=1S/C23H27N5O4S/c1-14-10-22(2,3)13-23(11-14)19(31)28(21(32)27-23)12-17(29)25-16-6-4-15(5-7-16)18(30)26-20-24-8-9-33-20/h4-9,14H,10-13H2,1-3H3,(H,25,29)(H,27,32)(H,24,26,30). The third-order valence-corrected chi connectivity index (χ3v) is 6.70. The van der Waals surface area contributed by atoms with Crippen LogP contribution < -0.4 is 16.0 Å². The summed E-state index contributed by atoms with van der Waals surface area (Å²) >= 11 is 1.32. The van der Waals surface area contributed by atoms with E-state index in [1.807, 2.05) is 0 Å². The Kier molecular flexibility index (Phi) is 5.96. The molecule has 1 saturated heterocycles. The fourth-order valence-corrected chi connectivity index (χ4v) is 5.68. The second kappa shape index (κ2) is 8.58. The smallest absolute Gasteiger partial charge is 0.325 e. The number of carbonyl (C=O) groups excluding carboxylic acids is 4. The van der Waals surface area contributed by atoms with E-state index in [1.54, 1.807) is 35.8 Å². The van der Waals surface area contributed by atoms with Gasteiger partial charge < -0.3 is 10.6 Å². The van der Waals surface area contributed by atoms with Crippen LogP contribution in [0.4, 0.5) is 15.6 Å². The maximum Gasteiger partial charge on any atom is 0.325 e. The first-order valence-electron chi connectivity index (χ1n) is 10.8. The molecule has 5 amide bonds. The van der Waals surface area contributed by atoms with Gasteiger partial charge in [-0.1, -0.05) is 20.8 Å². The second-order valence-corrected chi connectivity index (χ2v) is 10.6. The Labute approximate surface area is 196 Å². The van der Waals surface area contributed by atoms with E-state index in [-0.39, 0.29) is 29.7 Å². The first kappa shape index (κ1) is 22.9. The van der Waals surface area contributed by atoms with Crippen molar-refractivity contribution in [2.24, 2.45) is 11.3 Å². The molecule has 0 bridgehead atoms. The maximum atomic E-state index is 13.2. The van der Waals surface area contributed by atoms with E-state index < -0.39 is 17.5 Å². The molecule has 9 nitrogen and oxygen atoms in total. The van der Waals surface area contributed by atoms with E-state index in [0.29, 0.717) is 29.2 Å². The molecule has 33 heavy (non-hydrogen) atoms. The van der Waals surface area contributed by atoms with Crippen LogP contribution in [0.15, 0.2) is 35.8 Å². The monoisotopic (exact) mass is 469 g/mol. The molecule has 2 heterocycles. The maximum absolute atomic E-state index is 13.2. The van der Waals surface area contributed by atoms with Crippen LogP contribution in [0, 0.1) is 11.3 Å². The molecular formula is C23H27N5O4S. The van der Waals surface area contributed by atoms with Gasteiger partial charge in [0.25, 0.3) is 11.8 Å². The van der Waals surface area contributed by atoms with Crippen molar-refractivity contribution in [3.05, 3.63) is 41.4 Å². The van der Waals surface area contributed by atoms with Gasteiger partial charge >= 0.3 is 6.03 Å². The fourth-order valence-electron chi connectivity index (χ4n) is 5.15. The minimum atomic E-state index is -0.940. The molecule has 3 N–H and O–H groups in total. The average molecular weight is 470 g/mol. The van der Waals surface area contributed by atoms with Gasteiger partial charge in [-0.05, 0) is 54.9 Å². The predicted octanol–water partition coefficient (Wildman–Crippen LogP) is 3.47. The number of amides is 5. The normalized spacial score (nSPS) is 24.0. The number of aromatic nitrogens is 1. The van der Waals surface area contributed by atoms with Crippen molar-refractivity contribution in [1.82, 2.24) is 15.2 Å². The van der Waals surface area contributed by atoms with E-state index >= 15 is 0 Å². The van der Waals surface area contributed by atoms with Crippen molar-refractivity contribution in [2.45, 2.75) is 45.6 Å². The number of thiazole rings is 1. The quantitative estimate of drug-likeness (QED) is 0.579. The third-order valence-electron chi connectivity index (χ3n) is 6.01. The summed E-state index contributed by atoms with van der Waals surface area (Å²) in [5.41, 5.74) is -0.148. The molecule has 4 rings (SSSR count). The summed E-state index contributed by atoms with van der Waals surface area (Å²) in [6.45, 7) is 5.91. The lowest BCUT2D eigenvalue weighted by molar-refractivity contribution is -0.136. The zero-order chi connectivity index (χ0) is 23.8. The molecule has 2 fully saturated rings. The Morgan fingerprint density at radius 2 is 1.91 bits per heavy atom. The number of hydrogen-bond acceptors (Lipinski definition) is 6. The number of benzene rings is 1. The molecule has 1 saturated carbocycles. The van der Waals surface area contributed by atoms with E-state index in [4.69, 9.17) is 0 Å². The minimum absolute atomic E-state index is 0.0769. The van der Waals surface area contributed by atoms with Gasteiger partial charge in [-0.25, -0.2) is 9.78 Å². The molecule has 174 valence electrons. The Balaban J connectivity index is 1.37. The van der Waals surface area contributed by atoms with Gasteiger partial charge in [0.2, 0.25) is 5.91 Å². The average Bonchev–Trinajstić information content (AvgIpc) is 3.29. The molecule has 1 aromatic heterocycles. The Bertz CT molecular complexity index is 1080. The summed E-state index contributed by atoms with van der Waals surface area (Å²) in [4.78, 5) is 55.6. The van der Waals surface area contributed by atoms with Crippen LogP contribution >= 0.6 is 11.3 Å². The van der Waals surface area contributed by atoms with E-state index in [2.05, 4.69) is 41.7 Å². The van der Waals surface area contributed by atoms with Gasteiger partial charge in [0.1, 0.15) is 12.1 Å². The van der Waals surface area contributed by atoms with Crippen molar-refractivity contribution in [3.8, 4) is 0 Å². The van der Waals surface area contributed by atoms with Crippen molar-refractivity contribution in [2.75, 3.05) is 17.2 Å². The van der Waals surface area contributed by atoms with E-state index in [9.17, 15) is 19.2 Å². The number of nitrogens with zero attached hydrogens (tertiary/aromatic N) is 2. The SMILES string of the molecule is CC1CC(C)(C)CC2(C1)NC(=O)N(CC(=O)Nc1ccc(C(=O)Nc3nccs3)cc1)C2=O. The van der Waals surface area contributed by atoms with Crippen molar-refractivity contribution in [3.63, 3.8) is 0 Å². The molecule has 2 aliphatic rings. The highest BCUT2D eigenvalue weighted by Gasteiger charge is 2.56. The number of anilines is 2. The molecular weight excluding hydrogens is 442 g/mol. The molecule has 1 spiro atoms. The summed E-state index contributed by atoms with van der Waals surface area (Å²) in [6.07, 6.45) is 3.71. The van der Waals surface area contributed by atoms with Gasteiger partial charge in [0.05, 0.1) is 0 Å². The van der Waals surface area contributed by atoms with Crippen molar-refractivity contribution < 1.29 is 19.2 Å². The zero-order valence-electron chi connectivity index (χ0n) is 18.8. The molecule has 1 aliphatic heterocycles. The van der Waals surface area contributed by atoms with Gasteiger partial charge in [0.15, 0.2) is 5.13 Å². The summed E-state index contributed by atoms with van der Waals surface area (Å²) in [5, 5.41) is 10.5. The largest absolute Gasteiger partial charge is 0.325 e. The van der Waals surface area contributed by atoms with Crippen LogP contribution in [0.1, 0.15) is 50.4 Å².